The number of esters is 1. The summed E-state index contributed by atoms with van der Waals surface area (Å²) in [5.41, 5.74) is 1.32. The first kappa shape index (κ1) is 15.8. The van der Waals surface area contributed by atoms with Crippen LogP contribution in [0.4, 0.5) is 0 Å². The standard InChI is InChI=1S/C15H18O5/c1-3-15(18)20-10-12-11(8-9-14(16)17)6-5-7-13(12)19-4-2/h5-9H,3-4,10H2,1-2H3,(H,16,17)/b9-8+. The molecule has 1 N–H and O–H groups in total. The highest BCUT2D eigenvalue weighted by atomic mass is 16.5. The van der Waals surface area contributed by atoms with Crippen LogP contribution < -0.4 is 4.74 Å². The van der Waals surface area contributed by atoms with Gasteiger partial charge in [0, 0.05) is 18.1 Å². The number of carboxylic acids is 1. The average molecular weight is 278 g/mol. The van der Waals surface area contributed by atoms with Gasteiger partial charge in [-0.1, -0.05) is 19.1 Å². The van der Waals surface area contributed by atoms with Crippen molar-refractivity contribution in [2.24, 2.45) is 0 Å². The third kappa shape index (κ3) is 4.76. The fourth-order valence-corrected chi connectivity index (χ4v) is 1.60. The third-order valence-electron chi connectivity index (χ3n) is 2.54. The van der Waals surface area contributed by atoms with E-state index in [4.69, 9.17) is 14.6 Å². The zero-order chi connectivity index (χ0) is 15.0. The van der Waals surface area contributed by atoms with Crippen LogP contribution in [0.1, 0.15) is 31.4 Å². The number of carbonyl (C=O) groups excluding carboxylic acids is 1. The van der Waals surface area contributed by atoms with E-state index in [2.05, 4.69) is 0 Å². The number of ether oxygens (including phenoxy) is 2. The van der Waals surface area contributed by atoms with E-state index in [1.165, 1.54) is 6.08 Å². The minimum absolute atomic E-state index is 0.0577. The van der Waals surface area contributed by atoms with Gasteiger partial charge in [0.05, 0.1) is 6.61 Å². The molecule has 0 atom stereocenters. The van der Waals surface area contributed by atoms with E-state index in [1.54, 1.807) is 25.1 Å². The maximum Gasteiger partial charge on any atom is 0.328 e. The van der Waals surface area contributed by atoms with Gasteiger partial charge in [-0.25, -0.2) is 4.79 Å². The summed E-state index contributed by atoms with van der Waals surface area (Å²) in [6, 6.07) is 5.27. The average Bonchev–Trinajstić information content (AvgIpc) is 2.43. The molecule has 0 radical (unpaired) electrons. The Labute approximate surface area is 117 Å². The highest BCUT2D eigenvalue weighted by Crippen LogP contribution is 2.25. The molecule has 108 valence electrons. The van der Waals surface area contributed by atoms with Crippen LogP contribution in [0.15, 0.2) is 24.3 Å². The predicted octanol–water partition coefficient (Wildman–Crippen LogP) is 2.64. The molecule has 0 bridgehead atoms. The van der Waals surface area contributed by atoms with E-state index in [0.717, 1.165) is 6.08 Å². The summed E-state index contributed by atoms with van der Waals surface area (Å²) >= 11 is 0. The quantitative estimate of drug-likeness (QED) is 0.613. The molecule has 1 aromatic carbocycles. The number of carbonyl (C=O) groups is 2. The Hall–Kier alpha value is -2.30. The predicted molar refractivity (Wildman–Crippen MR) is 74.4 cm³/mol. The first-order valence-corrected chi connectivity index (χ1v) is 6.39. The summed E-state index contributed by atoms with van der Waals surface area (Å²) in [4.78, 5) is 21.9. The van der Waals surface area contributed by atoms with Crippen LogP contribution in [0.25, 0.3) is 6.08 Å². The Kier molecular flexibility index (Phi) is 6.29. The molecule has 1 rings (SSSR count). The number of aliphatic carboxylic acids is 1. The second-order valence-corrected chi connectivity index (χ2v) is 3.94. The molecule has 0 amide bonds. The van der Waals surface area contributed by atoms with Gasteiger partial charge in [-0.3, -0.25) is 4.79 Å². The van der Waals surface area contributed by atoms with Gasteiger partial charge in [-0.05, 0) is 24.6 Å². The van der Waals surface area contributed by atoms with Crippen molar-refractivity contribution in [2.45, 2.75) is 26.9 Å². The topological polar surface area (TPSA) is 72.8 Å². The van der Waals surface area contributed by atoms with Gasteiger partial charge in [0.1, 0.15) is 12.4 Å². The van der Waals surface area contributed by atoms with Crippen LogP contribution in [-0.4, -0.2) is 23.7 Å². The Morgan fingerprint density at radius 1 is 1.30 bits per heavy atom. The van der Waals surface area contributed by atoms with Crippen molar-refractivity contribution in [1.29, 1.82) is 0 Å². The van der Waals surface area contributed by atoms with Gasteiger partial charge in [0.15, 0.2) is 0 Å². The van der Waals surface area contributed by atoms with Crippen LogP contribution in [-0.2, 0) is 20.9 Å². The van der Waals surface area contributed by atoms with Crippen molar-refractivity contribution in [1.82, 2.24) is 0 Å². The fourth-order valence-electron chi connectivity index (χ4n) is 1.60. The van der Waals surface area contributed by atoms with E-state index in [-0.39, 0.29) is 19.0 Å². The maximum absolute atomic E-state index is 11.3. The first-order chi connectivity index (χ1) is 9.58. The van der Waals surface area contributed by atoms with Crippen molar-refractivity contribution in [2.75, 3.05) is 6.61 Å². The van der Waals surface area contributed by atoms with Gasteiger partial charge < -0.3 is 14.6 Å². The second-order valence-electron chi connectivity index (χ2n) is 3.94. The van der Waals surface area contributed by atoms with E-state index in [0.29, 0.717) is 23.5 Å². The molecule has 0 aliphatic carbocycles. The monoisotopic (exact) mass is 278 g/mol. The molecular formula is C15H18O5. The maximum atomic E-state index is 11.3. The lowest BCUT2D eigenvalue weighted by molar-refractivity contribution is -0.144. The van der Waals surface area contributed by atoms with Crippen molar-refractivity contribution in [3.05, 3.63) is 35.4 Å². The zero-order valence-corrected chi connectivity index (χ0v) is 11.6. The Balaban J connectivity index is 3.05. The molecule has 0 aromatic heterocycles. The third-order valence-corrected chi connectivity index (χ3v) is 2.54. The Bertz CT molecular complexity index is 505. The summed E-state index contributed by atoms with van der Waals surface area (Å²) in [7, 11) is 0. The number of benzene rings is 1. The fraction of sp³-hybridized carbons (Fsp3) is 0.333. The summed E-state index contributed by atoms with van der Waals surface area (Å²) in [5, 5.41) is 8.69. The van der Waals surface area contributed by atoms with E-state index in [9.17, 15) is 9.59 Å². The number of hydrogen-bond donors (Lipinski definition) is 1. The molecule has 5 nitrogen and oxygen atoms in total. The molecule has 0 aliphatic heterocycles. The lowest BCUT2D eigenvalue weighted by atomic mass is 10.1. The molecule has 20 heavy (non-hydrogen) atoms. The molecular weight excluding hydrogens is 260 g/mol. The molecule has 0 unspecified atom stereocenters. The van der Waals surface area contributed by atoms with Crippen LogP contribution in [0, 0.1) is 0 Å². The summed E-state index contributed by atoms with van der Waals surface area (Å²) in [5.74, 6) is -0.767. The van der Waals surface area contributed by atoms with Crippen molar-refractivity contribution in [3.8, 4) is 5.75 Å². The number of carboxylic acid groups (broad SMARTS) is 1. The van der Waals surface area contributed by atoms with Gasteiger partial charge in [-0.15, -0.1) is 0 Å². The van der Waals surface area contributed by atoms with Crippen molar-refractivity contribution in [3.63, 3.8) is 0 Å². The van der Waals surface area contributed by atoms with E-state index >= 15 is 0 Å². The van der Waals surface area contributed by atoms with Crippen molar-refractivity contribution >= 4 is 18.0 Å². The molecule has 1 aromatic rings. The van der Waals surface area contributed by atoms with Crippen LogP contribution in [0.5, 0.6) is 5.75 Å². The van der Waals surface area contributed by atoms with Crippen molar-refractivity contribution < 1.29 is 24.2 Å². The molecule has 0 fully saturated rings. The molecule has 0 aliphatic rings. The smallest absolute Gasteiger partial charge is 0.328 e. The second kappa shape index (κ2) is 7.99. The minimum Gasteiger partial charge on any atom is -0.493 e. The molecule has 5 heteroatoms. The summed E-state index contributed by atoms with van der Waals surface area (Å²) in [6.45, 7) is 4.09. The lowest BCUT2D eigenvalue weighted by Gasteiger charge is -2.13. The first-order valence-electron chi connectivity index (χ1n) is 6.39. The van der Waals surface area contributed by atoms with Gasteiger partial charge in [0.25, 0.3) is 0 Å². The lowest BCUT2D eigenvalue weighted by Crippen LogP contribution is -2.06. The number of hydrogen-bond acceptors (Lipinski definition) is 4. The normalized spacial score (nSPS) is 10.5. The van der Waals surface area contributed by atoms with Crippen LogP contribution in [0.2, 0.25) is 0 Å². The Morgan fingerprint density at radius 3 is 2.65 bits per heavy atom. The Morgan fingerprint density at radius 2 is 2.05 bits per heavy atom. The molecule has 0 saturated heterocycles. The van der Waals surface area contributed by atoms with Gasteiger partial charge in [-0.2, -0.15) is 0 Å². The van der Waals surface area contributed by atoms with Gasteiger partial charge in [0.2, 0.25) is 0 Å². The highest BCUT2D eigenvalue weighted by molar-refractivity contribution is 5.85. The van der Waals surface area contributed by atoms with E-state index < -0.39 is 5.97 Å². The number of rotatable bonds is 7. The summed E-state index contributed by atoms with van der Waals surface area (Å²) < 4.78 is 10.6. The minimum atomic E-state index is -1.04. The zero-order valence-electron chi connectivity index (χ0n) is 11.6. The molecule has 0 saturated carbocycles. The molecule has 0 heterocycles. The van der Waals surface area contributed by atoms with E-state index in [1.807, 2.05) is 6.92 Å². The van der Waals surface area contributed by atoms with Gasteiger partial charge >= 0.3 is 11.9 Å². The SMILES string of the molecule is CCOc1cccc(/C=C/C(=O)O)c1COC(=O)CC. The van der Waals surface area contributed by atoms with Crippen LogP contribution in [0.3, 0.4) is 0 Å². The summed E-state index contributed by atoms with van der Waals surface area (Å²) in [6.07, 6.45) is 2.78. The van der Waals surface area contributed by atoms with Crippen LogP contribution >= 0.6 is 0 Å². The highest BCUT2D eigenvalue weighted by Gasteiger charge is 2.10. The molecule has 0 spiro atoms. The largest absolute Gasteiger partial charge is 0.493 e.